The van der Waals surface area contributed by atoms with Crippen LogP contribution in [0, 0.1) is 5.82 Å². The number of ether oxygens (including phenoxy) is 1. The second-order valence-corrected chi connectivity index (χ2v) is 7.55. The van der Waals surface area contributed by atoms with Crippen LogP contribution < -0.4 is 10.1 Å². The number of rotatable bonds is 8. The van der Waals surface area contributed by atoms with E-state index in [0.717, 1.165) is 18.2 Å². The molecule has 2 aromatic carbocycles. The molecule has 0 aliphatic carbocycles. The van der Waals surface area contributed by atoms with Gasteiger partial charge in [-0.1, -0.05) is 46.7 Å². The number of anilines is 1. The summed E-state index contributed by atoms with van der Waals surface area (Å²) in [7, 11) is 0. The van der Waals surface area contributed by atoms with E-state index in [-0.39, 0.29) is 29.2 Å². The first-order chi connectivity index (χ1) is 13.5. The van der Waals surface area contributed by atoms with Crippen molar-refractivity contribution >= 4 is 39.3 Å². The highest BCUT2D eigenvalue weighted by Crippen LogP contribution is 2.21. The summed E-state index contributed by atoms with van der Waals surface area (Å²) >= 11 is 4.23. The number of hydrogen-bond donors (Lipinski definition) is 1. The van der Waals surface area contributed by atoms with Gasteiger partial charge >= 0.3 is 0 Å². The molecule has 6 nitrogen and oxygen atoms in total. The Bertz CT molecular complexity index is 950. The molecule has 0 saturated heterocycles. The summed E-state index contributed by atoms with van der Waals surface area (Å²) in [6.07, 6.45) is 0.965. The lowest BCUT2D eigenvalue weighted by molar-refractivity contribution is -0.113. The van der Waals surface area contributed by atoms with Gasteiger partial charge in [-0.15, -0.1) is 10.2 Å². The van der Waals surface area contributed by atoms with E-state index in [1.807, 2.05) is 24.3 Å². The average Bonchev–Trinajstić information content (AvgIpc) is 3.15. The third-order valence-corrected chi connectivity index (χ3v) is 4.99. The minimum Gasteiger partial charge on any atom is -0.484 e. The van der Waals surface area contributed by atoms with E-state index >= 15 is 0 Å². The zero-order valence-corrected chi connectivity index (χ0v) is 17.3. The van der Waals surface area contributed by atoms with Gasteiger partial charge in [-0.05, 0) is 42.3 Å². The fourth-order valence-electron chi connectivity index (χ4n) is 2.23. The molecule has 0 aliphatic heterocycles. The first-order valence-electron chi connectivity index (χ1n) is 8.45. The second kappa shape index (κ2) is 9.70. The molecule has 0 aliphatic rings. The summed E-state index contributed by atoms with van der Waals surface area (Å²) in [4.78, 5) is 12.0. The highest BCUT2D eigenvalue weighted by molar-refractivity contribution is 9.10. The molecule has 0 spiro atoms. The number of carbonyl (C=O) groups is 1. The Kier molecular flexibility index (Phi) is 7.05. The number of aryl methyl sites for hydroxylation is 1. The Labute approximate surface area is 174 Å². The summed E-state index contributed by atoms with van der Waals surface area (Å²) in [6.45, 7) is 2.22. The number of halogens is 2. The van der Waals surface area contributed by atoms with E-state index in [1.165, 1.54) is 17.7 Å². The number of benzene rings is 2. The molecule has 0 radical (unpaired) electrons. The van der Waals surface area contributed by atoms with E-state index < -0.39 is 5.82 Å². The van der Waals surface area contributed by atoms with Gasteiger partial charge in [-0.2, -0.15) is 0 Å². The topological polar surface area (TPSA) is 77.2 Å². The molecule has 0 bridgehead atoms. The van der Waals surface area contributed by atoms with Gasteiger partial charge in [0.05, 0.1) is 11.4 Å². The van der Waals surface area contributed by atoms with Crippen molar-refractivity contribution in [2.24, 2.45) is 0 Å². The monoisotopic (exact) mass is 465 g/mol. The van der Waals surface area contributed by atoms with Gasteiger partial charge in [0.15, 0.2) is 6.61 Å². The predicted octanol–water partition coefficient (Wildman–Crippen LogP) is 4.84. The molecule has 3 aromatic rings. The predicted molar refractivity (Wildman–Crippen MR) is 108 cm³/mol. The third kappa shape index (κ3) is 5.80. The lowest BCUT2D eigenvalue weighted by Crippen LogP contribution is -2.15. The summed E-state index contributed by atoms with van der Waals surface area (Å²) in [5.74, 6) is 0.133. The van der Waals surface area contributed by atoms with Crippen LogP contribution in [0.25, 0.3) is 0 Å². The maximum Gasteiger partial charge on any atom is 0.277 e. The number of amides is 1. The number of thioether (sulfide) groups is 1. The van der Waals surface area contributed by atoms with Gasteiger partial charge in [0, 0.05) is 4.47 Å². The van der Waals surface area contributed by atoms with Crippen LogP contribution >= 0.6 is 27.7 Å². The number of hydrogen-bond acceptors (Lipinski definition) is 6. The molecule has 9 heteroatoms. The molecule has 0 unspecified atom stereocenters. The summed E-state index contributed by atoms with van der Waals surface area (Å²) in [5.41, 5.74) is 1.34. The minimum absolute atomic E-state index is 0.0104. The van der Waals surface area contributed by atoms with Crippen LogP contribution in [0.3, 0.4) is 0 Å². The quantitative estimate of drug-likeness (QED) is 0.479. The number of carbonyl (C=O) groups excluding carboxylic acids is 1. The van der Waals surface area contributed by atoms with Crippen molar-refractivity contribution in [3.63, 3.8) is 0 Å². The fourth-order valence-corrected chi connectivity index (χ4v) is 3.14. The molecular formula is C19H17BrFN3O3S. The smallest absolute Gasteiger partial charge is 0.277 e. The molecule has 0 saturated carbocycles. The van der Waals surface area contributed by atoms with E-state index in [2.05, 4.69) is 38.4 Å². The first-order valence-corrected chi connectivity index (χ1v) is 10.2. The number of aromatic nitrogens is 2. The van der Waals surface area contributed by atoms with Crippen LogP contribution in [0.4, 0.5) is 10.1 Å². The molecule has 146 valence electrons. The van der Waals surface area contributed by atoms with Crippen molar-refractivity contribution in [3.05, 3.63) is 64.2 Å². The lowest BCUT2D eigenvalue weighted by atomic mass is 10.2. The van der Waals surface area contributed by atoms with Gasteiger partial charge in [-0.25, -0.2) is 4.39 Å². The van der Waals surface area contributed by atoms with E-state index in [1.54, 1.807) is 6.07 Å². The highest BCUT2D eigenvalue weighted by Gasteiger charge is 2.12. The molecule has 0 fully saturated rings. The largest absolute Gasteiger partial charge is 0.484 e. The summed E-state index contributed by atoms with van der Waals surface area (Å²) in [5, 5.41) is 10.5. The molecule has 1 aromatic heterocycles. The molecule has 1 amide bonds. The van der Waals surface area contributed by atoms with Crippen molar-refractivity contribution in [1.82, 2.24) is 10.2 Å². The third-order valence-electron chi connectivity index (χ3n) is 3.67. The van der Waals surface area contributed by atoms with E-state index in [9.17, 15) is 9.18 Å². The van der Waals surface area contributed by atoms with Gasteiger partial charge in [0.2, 0.25) is 5.91 Å². The van der Waals surface area contributed by atoms with Crippen molar-refractivity contribution in [1.29, 1.82) is 0 Å². The summed E-state index contributed by atoms with van der Waals surface area (Å²) < 4.78 is 25.4. The Morgan fingerprint density at radius 3 is 2.75 bits per heavy atom. The fraction of sp³-hybridized carbons (Fsp3) is 0.211. The van der Waals surface area contributed by atoms with Crippen molar-refractivity contribution in [3.8, 4) is 5.75 Å². The van der Waals surface area contributed by atoms with E-state index in [0.29, 0.717) is 16.1 Å². The molecule has 1 N–H and O–H groups in total. The standard InChI is InChI=1S/C19H17BrFN3O3S/c1-2-12-3-6-14(7-4-12)26-10-18-23-24-19(27-18)28-11-17(25)22-16-8-5-13(20)9-15(16)21/h3-9H,2,10-11H2,1H3,(H,22,25). The van der Waals surface area contributed by atoms with Crippen LogP contribution in [-0.2, 0) is 17.8 Å². The van der Waals surface area contributed by atoms with Gasteiger partial charge < -0.3 is 14.5 Å². The Balaban J connectivity index is 1.46. The Morgan fingerprint density at radius 2 is 2.04 bits per heavy atom. The van der Waals surface area contributed by atoms with Crippen molar-refractivity contribution < 1.29 is 18.3 Å². The van der Waals surface area contributed by atoms with Crippen molar-refractivity contribution in [2.45, 2.75) is 25.2 Å². The lowest BCUT2D eigenvalue weighted by Gasteiger charge is -2.05. The Hall–Kier alpha value is -2.39. The highest BCUT2D eigenvalue weighted by atomic mass is 79.9. The first kappa shape index (κ1) is 20.3. The van der Waals surface area contributed by atoms with Crippen LogP contribution in [0.5, 0.6) is 5.75 Å². The van der Waals surface area contributed by atoms with Gasteiger partial charge in [0.1, 0.15) is 11.6 Å². The number of nitrogens with zero attached hydrogens (tertiary/aromatic N) is 2. The average molecular weight is 466 g/mol. The molecule has 28 heavy (non-hydrogen) atoms. The van der Waals surface area contributed by atoms with Crippen molar-refractivity contribution in [2.75, 3.05) is 11.1 Å². The van der Waals surface area contributed by atoms with E-state index in [4.69, 9.17) is 9.15 Å². The normalized spacial score (nSPS) is 10.7. The number of nitrogens with one attached hydrogen (secondary N) is 1. The van der Waals surface area contributed by atoms with Crippen LogP contribution in [0.2, 0.25) is 0 Å². The molecule has 3 rings (SSSR count). The van der Waals surface area contributed by atoms with Crippen LogP contribution in [0.1, 0.15) is 18.4 Å². The van der Waals surface area contributed by atoms with Gasteiger partial charge in [-0.3, -0.25) is 4.79 Å². The zero-order chi connectivity index (χ0) is 19.9. The molecular weight excluding hydrogens is 449 g/mol. The summed E-state index contributed by atoms with van der Waals surface area (Å²) in [6, 6.07) is 12.2. The van der Waals surface area contributed by atoms with Crippen LogP contribution in [0.15, 0.2) is 56.6 Å². The van der Waals surface area contributed by atoms with Crippen LogP contribution in [-0.4, -0.2) is 21.9 Å². The maximum atomic E-state index is 13.7. The molecule has 0 atom stereocenters. The van der Waals surface area contributed by atoms with Gasteiger partial charge in [0.25, 0.3) is 11.1 Å². The second-order valence-electron chi connectivity index (χ2n) is 5.71. The maximum absolute atomic E-state index is 13.7. The zero-order valence-electron chi connectivity index (χ0n) is 14.9. The Morgan fingerprint density at radius 1 is 1.25 bits per heavy atom. The minimum atomic E-state index is -0.517. The molecule has 1 heterocycles. The SMILES string of the molecule is CCc1ccc(OCc2nnc(SCC(=O)Nc3ccc(Br)cc3F)o2)cc1.